The van der Waals surface area contributed by atoms with Crippen molar-refractivity contribution in [2.45, 2.75) is 43.5 Å². The van der Waals surface area contributed by atoms with E-state index < -0.39 is 0 Å². The van der Waals surface area contributed by atoms with E-state index in [0.717, 1.165) is 21.1 Å². The predicted molar refractivity (Wildman–Crippen MR) is 83.2 cm³/mol. The van der Waals surface area contributed by atoms with Crippen LogP contribution in [0.15, 0.2) is 24.3 Å². The SMILES string of the molecule is S=C1SC2CCCCC2N1Cc1ccc(Cl)cc1. The molecule has 1 aliphatic carbocycles. The van der Waals surface area contributed by atoms with Crippen LogP contribution in [0.2, 0.25) is 5.02 Å². The monoisotopic (exact) mass is 297 g/mol. The van der Waals surface area contributed by atoms with Crippen molar-refractivity contribution in [1.29, 1.82) is 0 Å². The van der Waals surface area contributed by atoms with Gasteiger partial charge in [-0.2, -0.15) is 0 Å². The molecule has 0 spiro atoms. The molecule has 1 aromatic rings. The van der Waals surface area contributed by atoms with Gasteiger partial charge in [0.15, 0.2) is 0 Å². The summed E-state index contributed by atoms with van der Waals surface area (Å²) in [6.07, 6.45) is 5.34. The van der Waals surface area contributed by atoms with E-state index in [1.54, 1.807) is 0 Å². The maximum absolute atomic E-state index is 5.92. The summed E-state index contributed by atoms with van der Waals surface area (Å²) in [6, 6.07) is 8.78. The van der Waals surface area contributed by atoms with Crippen LogP contribution < -0.4 is 0 Å². The molecular formula is C14H16ClNS2. The van der Waals surface area contributed by atoms with Crippen molar-refractivity contribution in [2.75, 3.05) is 0 Å². The molecule has 1 nitrogen and oxygen atoms in total. The van der Waals surface area contributed by atoms with Gasteiger partial charge in [-0.3, -0.25) is 0 Å². The molecular weight excluding hydrogens is 282 g/mol. The fraction of sp³-hybridized carbons (Fsp3) is 0.500. The number of benzene rings is 1. The number of hydrogen-bond acceptors (Lipinski definition) is 2. The third-order valence-corrected chi connectivity index (χ3v) is 5.88. The smallest absolute Gasteiger partial charge is 0.137 e. The van der Waals surface area contributed by atoms with Gasteiger partial charge < -0.3 is 4.90 Å². The average molecular weight is 298 g/mol. The maximum Gasteiger partial charge on any atom is 0.137 e. The molecule has 18 heavy (non-hydrogen) atoms. The third-order valence-electron chi connectivity index (χ3n) is 3.82. The molecule has 2 unspecified atom stereocenters. The van der Waals surface area contributed by atoms with E-state index in [2.05, 4.69) is 17.0 Å². The highest BCUT2D eigenvalue weighted by molar-refractivity contribution is 8.23. The van der Waals surface area contributed by atoms with E-state index in [9.17, 15) is 0 Å². The second-order valence-electron chi connectivity index (χ2n) is 5.03. The Labute approximate surface area is 123 Å². The predicted octanol–water partition coefficient (Wildman–Crippen LogP) is 4.48. The Bertz CT molecular complexity index is 446. The van der Waals surface area contributed by atoms with Gasteiger partial charge in [0.1, 0.15) is 4.32 Å². The summed E-state index contributed by atoms with van der Waals surface area (Å²) >= 11 is 13.4. The summed E-state index contributed by atoms with van der Waals surface area (Å²) in [5.41, 5.74) is 1.30. The lowest BCUT2D eigenvalue weighted by Gasteiger charge is -2.31. The molecule has 2 fully saturated rings. The standard InChI is InChI=1S/C14H16ClNS2/c15-11-7-5-10(6-8-11)9-16-12-3-1-2-4-13(12)18-14(16)17/h5-8,12-13H,1-4,9H2. The van der Waals surface area contributed by atoms with Crippen molar-refractivity contribution < 1.29 is 0 Å². The number of rotatable bonds is 2. The van der Waals surface area contributed by atoms with Crippen molar-refractivity contribution in [3.05, 3.63) is 34.9 Å². The van der Waals surface area contributed by atoms with Crippen molar-refractivity contribution in [2.24, 2.45) is 0 Å². The minimum absolute atomic E-state index is 0.659. The molecule has 1 aromatic carbocycles. The fourth-order valence-corrected chi connectivity index (χ4v) is 4.89. The fourth-order valence-electron chi connectivity index (χ4n) is 2.87. The highest BCUT2D eigenvalue weighted by Gasteiger charge is 2.39. The summed E-state index contributed by atoms with van der Waals surface area (Å²) in [6.45, 7) is 0.935. The topological polar surface area (TPSA) is 3.24 Å². The molecule has 96 valence electrons. The van der Waals surface area contributed by atoms with Crippen LogP contribution >= 0.6 is 35.6 Å². The summed E-state index contributed by atoms with van der Waals surface area (Å²) in [5.74, 6) is 0. The van der Waals surface area contributed by atoms with E-state index >= 15 is 0 Å². The Balaban J connectivity index is 1.75. The first-order valence-electron chi connectivity index (χ1n) is 6.46. The molecule has 0 amide bonds. The molecule has 2 atom stereocenters. The van der Waals surface area contributed by atoms with Crippen LogP contribution in [-0.2, 0) is 6.54 Å². The number of halogens is 1. The Kier molecular flexibility index (Phi) is 3.83. The highest BCUT2D eigenvalue weighted by atomic mass is 35.5. The minimum atomic E-state index is 0.659. The van der Waals surface area contributed by atoms with E-state index in [1.165, 1.54) is 31.2 Å². The number of thiocarbonyl (C=S) groups is 1. The lowest BCUT2D eigenvalue weighted by Crippen LogP contribution is -2.37. The van der Waals surface area contributed by atoms with E-state index in [1.807, 2.05) is 23.9 Å². The first kappa shape index (κ1) is 12.8. The van der Waals surface area contributed by atoms with Gasteiger partial charge in [-0.25, -0.2) is 0 Å². The van der Waals surface area contributed by atoms with Crippen molar-refractivity contribution in [3.63, 3.8) is 0 Å². The Morgan fingerprint density at radius 2 is 1.94 bits per heavy atom. The number of thioether (sulfide) groups is 1. The van der Waals surface area contributed by atoms with Gasteiger partial charge in [0.25, 0.3) is 0 Å². The minimum Gasteiger partial charge on any atom is -0.349 e. The Morgan fingerprint density at radius 3 is 2.72 bits per heavy atom. The molecule has 0 bridgehead atoms. The first-order valence-corrected chi connectivity index (χ1v) is 8.12. The molecule has 1 aliphatic heterocycles. The lowest BCUT2D eigenvalue weighted by atomic mass is 9.94. The molecule has 4 heteroatoms. The van der Waals surface area contributed by atoms with E-state index in [0.29, 0.717) is 6.04 Å². The zero-order chi connectivity index (χ0) is 12.5. The van der Waals surface area contributed by atoms with Gasteiger partial charge in [0, 0.05) is 22.9 Å². The third kappa shape index (κ3) is 2.54. The van der Waals surface area contributed by atoms with E-state index in [-0.39, 0.29) is 0 Å². The molecule has 1 saturated carbocycles. The summed E-state index contributed by atoms with van der Waals surface area (Å²) in [5, 5.41) is 1.53. The molecule has 2 aliphatic rings. The lowest BCUT2D eigenvalue weighted by molar-refractivity contribution is 0.263. The van der Waals surface area contributed by atoms with Crippen LogP contribution in [0.25, 0.3) is 0 Å². The number of fused-ring (bicyclic) bond motifs is 1. The van der Waals surface area contributed by atoms with Crippen molar-refractivity contribution in [1.82, 2.24) is 4.90 Å². The van der Waals surface area contributed by atoms with Crippen LogP contribution in [0.5, 0.6) is 0 Å². The Hall–Kier alpha value is -0.250. The van der Waals surface area contributed by atoms with Crippen LogP contribution in [0.3, 0.4) is 0 Å². The molecule has 0 N–H and O–H groups in total. The highest BCUT2D eigenvalue weighted by Crippen LogP contribution is 2.41. The van der Waals surface area contributed by atoms with Gasteiger partial charge in [-0.1, -0.05) is 60.6 Å². The normalized spacial score (nSPS) is 27.4. The van der Waals surface area contributed by atoms with E-state index in [4.69, 9.17) is 23.8 Å². The molecule has 1 heterocycles. The van der Waals surface area contributed by atoms with Gasteiger partial charge in [-0.15, -0.1) is 0 Å². The molecule has 3 rings (SSSR count). The van der Waals surface area contributed by atoms with Crippen LogP contribution in [0.4, 0.5) is 0 Å². The number of nitrogens with zero attached hydrogens (tertiary/aromatic N) is 1. The van der Waals surface area contributed by atoms with Crippen molar-refractivity contribution >= 4 is 39.9 Å². The first-order chi connectivity index (χ1) is 8.74. The number of hydrogen-bond donors (Lipinski definition) is 0. The largest absolute Gasteiger partial charge is 0.349 e. The molecule has 0 radical (unpaired) electrons. The second kappa shape index (κ2) is 5.40. The zero-order valence-electron chi connectivity index (χ0n) is 10.1. The zero-order valence-corrected chi connectivity index (χ0v) is 12.5. The average Bonchev–Trinajstić information content (AvgIpc) is 2.69. The molecule has 0 aromatic heterocycles. The second-order valence-corrected chi connectivity index (χ2v) is 7.34. The van der Waals surface area contributed by atoms with Crippen molar-refractivity contribution in [3.8, 4) is 0 Å². The summed E-state index contributed by atoms with van der Waals surface area (Å²) < 4.78 is 1.09. The van der Waals surface area contributed by atoms with Gasteiger partial charge in [-0.05, 0) is 30.5 Å². The maximum atomic E-state index is 5.92. The summed E-state index contributed by atoms with van der Waals surface area (Å²) in [4.78, 5) is 2.42. The van der Waals surface area contributed by atoms with Gasteiger partial charge >= 0.3 is 0 Å². The van der Waals surface area contributed by atoms with Crippen LogP contribution in [0, 0.1) is 0 Å². The summed E-state index contributed by atoms with van der Waals surface area (Å²) in [7, 11) is 0. The van der Waals surface area contributed by atoms with Gasteiger partial charge in [0.2, 0.25) is 0 Å². The quantitative estimate of drug-likeness (QED) is 0.741. The molecule has 1 saturated heterocycles. The van der Waals surface area contributed by atoms with Gasteiger partial charge in [0.05, 0.1) is 0 Å². The van der Waals surface area contributed by atoms with Crippen LogP contribution in [0.1, 0.15) is 31.2 Å². The van der Waals surface area contributed by atoms with Crippen LogP contribution in [-0.4, -0.2) is 20.5 Å². The Morgan fingerprint density at radius 1 is 1.22 bits per heavy atom.